The van der Waals surface area contributed by atoms with Gasteiger partial charge in [-0.25, -0.2) is 9.78 Å². The number of rotatable bonds is 3. The Balaban J connectivity index is 1.60. The number of anilines is 1. The van der Waals surface area contributed by atoms with E-state index in [1.165, 1.54) is 11.3 Å². The summed E-state index contributed by atoms with van der Waals surface area (Å²) >= 11 is 1.48. The van der Waals surface area contributed by atoms with E-state index in [0.717, 1.165) is 29.0 Å². The number of phenols is 1. The van der Waals surface area contributed by atoms with Crippen LogP contribution in [0.4, 0.5) is 10.5 Å². The standard InChI is InChI=1S/C22H29N3O4S/c1-13-14(2)18(26)7-6-16(13)23-19(27)17-12-30-20(24-17)15-8-10-25(11-9-15)21(28)29-22(3,4)5/h6-7,12,15,26H,8-11H2,1-5H3,(H,23,27). The van der Waals surface area contributed by atoms with Gasteiger partial charge in [-0.3, -0.25) is 4.79 Å². The van der Waals surface area contributed by atoms with E-state index in [4.69, 9.17) is 4.74 Å². The first kappa shape index (κ1) is 22.1. The number of aromatic hydroxyl groups is 1. The van der Waals surface area contributed by atoms with E-state index >= 15 is 0 Å². The number of piperidine rings is 1. The molecule has 8 heteroatoms. The molecular formula is C22H29N3O4S. The Morgan fingerprint density at radius 1 is 1.20 bits per heavy atom. The van der Waals surface area contributed by atoms with Crippen LogP contribution in [0, 0.1) is 13.8 Å². The molecule has 2 aromatic rings. The van der Waals surface area contributed by atoms with Crippen LogP contribution in [0.2, 0.25) is 0 Å². The number of nitrogens with one attached hydrogen (secondary N) is 1. The maximum Gasteiger partial charge on any atom is 0.410 e. The fourth-order valence-electron chi connectivity index (χ4n) is 3.34. The first-order chi connectivity index (χ1) is 14.0. The number of nitrogens with zero attached hydrogens (tertiary/aromatic N) is 2. The van der Waals surface area contributed by atoms with Crippen LogP contribution in [0.15, 0.2) is 17.5 Å². The largest absolute Gasteiger partial charge is 0.508 e. The lowest BCUT2D eigenvalue weighted by Gasteiger charge is -2.32. The zero-order chi connectivity index (χ0) is 22.1. The van der Waals surface area contributed by atoms with E-state index < -0.39 is 5.60 Å². The third kappa shape index (κ3) is 5.11. The Bertz CT molecular complexity index is 940. The molecule has 2 N–H and O–H groups in total. The van der Waals surface area contributed by atoms with Crippen molar-refractivity contribution in [3.05, 3.63) is 39.3 Å². The topological polar surface area (TPSA) is 91.8 Å². The second-order valence-electron chi connectivity index (χ2n) is 8.65. The predicted molar refractivity (Wildman–Crippen MR) is 117 cm³/mol. The number of hydrogen-bond donors (Lipinski definition) is 2. The molecule has 0 aliphatic carbocycles. The number of hydrogen-bond acceptors (Lipinski definition) is 6. The summed E-state index contributed by atoms with van der Waals surface area (Å²) in [5.41, 5.74) is 2.11. The minimum atomic E-state index is -0.500. The summed E-state index contributed by atoms with van der Waals surface area (Å²) in [7, 11) is 0. The smallest absolute Gasteiger partial charge is 0.410 e. The Labute approximate surface area is 181 Å². The van der Waals surface area contributed by atoms with Gasteiger partial charge in [-0.15, -0.1) is 11.3 Å². The van der Waals surface area contributed by atoms with Gasteiger partial charge in [0.1, 0.15) is 17.0 Å². The molecule has 0 radical (unpaired) electrons. The highest BCUT2D eigenvalue weighted by Crippen LogP contribution is 2.31. The van der Waals surface area contributed by atoms with Gasteiger partial charge in [0, 0.05) is 30.1 Å². The Morgan fingerprint density at radius 3 is 2.50 bits per heavy atom. The molecule has 0 atom stereocenters. The van der Waals surface area contributed by atoms with Crippen molar-refractivity contribution in [1.82, 2.24) is 9.88 Å². The first-order valence-corrected chi connectivity index (χ1v) is 11.0. The van der Waals surface area contributed by atoms with Crippen LogP contribution in [-0.2, 0) is 4.74 Å². The second-order valence-corrected chi connectivity index (χ2v) is 9.54. The molecule has 0 unspecified atom stereocenters. The van der Waals surface area contributed by atoms with Crippen molar-refractivity contribution in [2.45, 2.75) is 59.0 Å². The van der Waals surface area contributed by atoms with Crippen LogP contribution in [0.3, 0.4) is 0 Å². The van der Waals surface area contributed by atoms with Gasteiger partial charge in [0.2, 0.25) is 0 Å². The summed E-state index contributed by atoms with van der Waals surface area (Å²) in [5.74, 6) is 0.170. The van der Waals surface area contributed by atoms with E-state index in [-0.39, 0.29) is 23.7 Å². The Hall–Kier alpha value is -2.61. The summed E-state index contributed by atoms with van der Waals surface area (Å²) in [6.45, 7) is 10.5. The zero-order valence-corrected chi connectivity index (χ0v) is 18.9. The van der Waals surface area contributed by atoms with Crippen molar-refractivity contribution < 1.29 is 19.4 Å². The number of benzene rings is 1. The van der Waals surface area contributed by atoms with Gasteiger partial charge in [0.15, 0.2) is 0 Å². The van der Waals surface area contributed by atoms with E-state index in [0.29, 0.717) is 24.5 Å². The number of amides is 2. The SMILES string of the molecule is Cc1c(O)ccc(NC(=O)c2csc(C3CCN(C(=O)OC(C)(C)C)CC3)n2)c1C. The Kier molecular flexibility index (Phi) is 6.36. The van der Waals surface area contributed by atoms with Gasteiger partial charge >= 0.3 is 6.09 Å². The minimum Gasteiger partial charge on any atom is -0.508 e. The number of carbonyl (C=O) groups excluding carboxylic acids is 2. The summed E-state index contributed by atoms with van der Waals surface area (Å²) in [6.07, 6.45) is 1.31. The molecular weight excluding hydrogens is 402 g/mol. The van der Waals surface area contributed by atoms with Crippen molar-refractivity contribution in [3.63, 3.8) is 0 Å². The molecule has 1 aliphatic heterocycles. The van der Waals surface area contributed by atoms with Crippen molar-refractivity contribution in [2.75, 3.05) is 18.4 Å². The number of aromatic nitrogens is 1. The molecule has 0 bridgehead atoms. The van der Waals surface area contributed by atoms with Crippen LogP contribution in [0.1, 0.15) is 66.2 Å². The van der Waals surface area contributed by atoms with Gasteiger partial charge in [-0.2, -0.15) is 0 Å². The molecule has 0 saturated carbocycles. The van der Waals surface area contributed by atoms with E-state index in [1.807, 2.05) is 34.6 Å². The van der Waals surface area contributed by atoms with Crippen molar-refractivity contribution in [2.24, 2.45) is 0 Å². The minimum absolute atomic E-state index is 0.208. The number of likely N-dealkylation sites (tertiary alicyclic amines) is 1. The van der Waals surface area contributed by atoms with E-state index in [2.05, 4.69) is 10.3 Å². The lowest BCUT2D eigenvalue weighted by Crippen LogP contribution is -2.41. The average Bonchev–Trinajstić information content (AvgIpc) is 3.17. The van der Waals surface area contributed by atoms with Gasteiger partial charge < -0.3 is 20.1 Å². The van der Waals surface area contributed by atoms with Gasteiger partial charge in [0.05, 0.1) is 5.01 Å². The highest BCUT2D eigenvalue weighted by atomic mass is 32.1. The Morgan fingerprint density at radius 2 is 1.87 bits per heavy atom. The van der Waals surface area contributed by atoms with Crippen LogP contribution in [-0.4, -0.2) is 45.7 Å². The van der Waals surface area contributed by atoms with Gasteiger partial charge in [0.25, 0.3) is 5.91 Å². The summed E-state index contributed by atoms with van der Waals surface area (Å²) in [6, 6.07) is 3.26. The van der Waals surface area contributed by atoms with Crippen molar-refractivity contribution in [3.8, 4) is 5.75 Å². The molecule has 1 aliphatic rings. The van der Waals surface area contributed by atoms with Crippen LogP contribution in [0.25, 0.3) is 0 Å². The van der Waals surface area contributed by atoms with Gasteiger partial charge in [-0.05, 0) is 70.7 Å². The highest BCUT2D eigenvalue weighted by Gasteiger charge is 2.29. The van der Waals surface area contributed by atoms with Crippen LogP contribution >= 0.6 is 11.3 Å². The molecule has 1 aromatic heterocycles. The number of phenolic OH excluding ortho intramolecular Hbond substituents is 1. The monoisotopic (exact) mass is 431 g/mol. The maximum absolute atomic E-state index is 12.6. The normalized spacial score (nSPS) is 15.2. The number of carbonyl (C=O) groups is 2. The summed E-state index contributed by atoms with van der Waals surface area (Å²) < 4.78 is 5.44. The predicted octanol–water partition coefficient (Wildman–Crippen LogP) is 4.83. The van der Waals surface area contributed by atoms with Crippen LogP contribution < -0.4 is 5.32 Å². The quantitative estimate of drug-likeness (QED) is 0.679. The summed E-state index contributed by atoms with van der Waals surface area (Å²) in [5, 5.41) is 15.3. The van der Waals surface area contributed by atoms with Gasteiger partial charge in [-0.1, -0.05) is 0 Å². The molecule has 7 nitrogen and oxygen atoms in total. The summed E-state index contributed by atoms with van der Waals surface area (Å²) in [4.78, 5) is 31.1. The fourth-order valence-corrected chi connectivity index (χ4v) is 4.31. The number of ether oxygens (including phenoxy) is 1. The van der Waals surface area contributed by atoms with Crippen molar-refractivity contribution >= 4 is 29.0 Å². The van der Waals surface area contributed by atoms with E-state index in [9.17, 15) is 14.7 Å². The zero-order valence-electron chi connectivity index (χ0n) is 18.1. The molecule has 2 heterocycles. The lowest BCUT2D eigenvalue weighted by atomic mass is 9.98. The lowest BCUT2D eigenvalue weighted by molar-refractivity contribution is 0.0204. The fraction of sp³-hybridized carbons (Fsp3) is 0.500. The third-order valence-corrected chi connectivity index (χ3v) is 6.26. The molecule has 1 aromatic carbocycles. The molecule has 2 amide bonds. The molecule has 162 valence electrons. The highest BCUT2D eigenvalue weighted by molar-refractivity contribution is 7.10. The van der Waals surface area contributed by atoms with Crippen molar-refractivity contribution in [1.29, 1.82) is 0 Å². The molecule has 30 heavy (non-hydrogen) atoms. The molecule has 1 saturated heterocycles. The molecule has 3 rings (SSSR count). The first-order valence-electron chi connectivity index (χ1n) is 10.1. The maximum atomic E-state index is 12.6. The van der Waals surface area contributed by atoms with E-state index in [1.54, 1.807) is 22.4 Å². The molecule has 1 fully saturated rings. The van der Waals surface area contributed by atoms with Crippen LogP contribution in [0.5, 0.6) is 5.75 Å². The molecule has 0 spiro atoms. The number of thiazole rings is 1. The third-order valence-electron chi connectivity index (χ3n) is 5.26. The second kappa shape index (κ2) is 8.63. The average molecular weight is 432 g/mol.